The molecule has 1 heterocycles. The van der Waals surface area contributed by atoms with E-state index in [4.69, 9.17) is 9.84 Å². The summed E-state index contributed by atoms with van der Waals surface area (Å²) < 4.78 is 6.69. The molecular formula is C15H13BrO3S. The number of hydrogen-bond donors (Lipinski definition) is 1. The van der Waals surface area contributed by atoms with Gasteiger partial charge in [0.2, 0.25) is 0 Å². The fraction of sp³-hybridized carbons (Fsp3) is 0.133. The molecule has 5 heteroatoms. The van der Waals surface area contributed by atoms with Gasteiger partial charge in [0, 0.05) is 20.3 Å². The minimum Gasteiger partial charge on any atom is -0.478 e. The summed E-state index contributed by atoms with van der Waals surface area (Å²) in [5, 5.41) is 8.56. The van der Waals surface area contributed by atoms with Crippen molar-refractivity contribution in [3.05, 3.63) is 62.3 Å². The van der Waals surface area contributed by atoms with E-state index < -0.39 is 5.97 Å². The highest BCUT2D eigenvalue weighted by Crippen LogP contribution is 2.19. The molecule has 0 fully saturated rings. The van der Waals surface area contributed by atoms with Crippen molar-refractivity contribution in [3.63, 3.8) is 0 Å². The zero-order valence-corrected chi connectivity index (χ0v) is 13.0. The highest BCUT2D eigenvalue weighted by molar-refractivity contribution is 9.10. The lowest BCUT2D eigenvalue weighted by Crippen LogP contribution is -1.92. The summed E-state index contributed by atoms with van der Waals surface area (Å²) in [6.07, 6.45) is 2.72. The van der Waals surface area contributed by atoms with Gasteiger partial charge < -0.3 is 9.84 Å². The number of hydrogen-bond acceptors (Lipinski definition) is 3. The predicted octanol–water partition coefficient (Wildman–Crippen LogP) is 4.33. The molecular weight excluding hydrogens is 340 g/mol. The topological polar surface area (TPSA) is 46.5 Å². The Morgan fingerprint density at radius 3 is 2.90 bits per heavy atom. The van der Waals surface area contributed by atoms with Gasteiger partial charge in [0.25, 0.3) is 0 Å². The minimum absolute atomic E-state index is 0.526. The van der Waals surface area contributed by atoms with Gasteiger partial charge in [-0.1, -0.05) is 28.1 Å². The number of carboxylic acid groups (broad SMARTS) is 1. The maximum absolute atomic E-state index is 10.4. The first-order valence-corrected chi connectivity index (χ1v) is 7.56. The highest BCUT2D eigenvalue weighted by Gasteiger charge is 2.00. The van der Waals surface area contributed by atoms with Gasteiger partial charge in [-0.15, -0.1) is 11.3 Å². The first-order valence-electron chi connectivity index (χ1n) is 5.95. The molecule has 0 aliphatic heterocycles. The minimum atomic E-state index is -0.939. The smallest absolute Gasteiger partial charge is 0.328 e. The van der Waals surface area contributed by atoms with Gasteiger partial charge in [-0.25, -0.2) is 4.79 Å². The van der Waals surface area contributed by atoms with Crippen LogP contribution in [0.1, 0.15) is 15.3 Å². The Morgan fingerprint density at radius 2 is 2.15 bits per heavy atom. The van der Waals surface area contributed by atoms with Crippen LogP contribution >= 0.6 is 27.3 Å². The second kappa shape index (κ2) is 7.38. The van der Waals surface area contributed by atoms with Gasteiger partial charge in [-0.3, -0.25) is 0 Å². The SMILES string of the molecule is O=C(O)/C=C/c1ccc(COCc2cccc(Br)c2)s1. The lowest BCUT2D eigenvalue weighted by Gasteiger charge is -2.03. The van der Waals surface area contributed by atoms with Gasteiger partial charge in [0.15, 0.2) is 0 Å². The van der Waals surface area contributed by atoms with Crippen LogP contribution in [0, 0.1) is 0 Å². The molecule has 0 amide bonds. The van der Waals surface area contributed by atoms with Crippen molar-refractivity contribution in [1.29, 1.82) is 0 Å². The number of carboxylic acids is 1. The number of rotatable bonds is 6. The number of thiophene rings is 1. The van der Waals surface area contributed by atoms with E-state index >= 15 is 0 Å². The number of benzene rings is 1. The third-order valence-electron chi connectivity index (χ3n) is 2.47. The van der Waals surface area contributed by atoms with Crippen LogP contribution < -0.4 is 0 Å². The van der Waals surface area contributed by atoms with Crippen molar-refractivity contribution in [1.82, 2.24) is 0 Å². The molecule has 2 aromatic rings. The fourth-order valence-corrected chi connectivity index (χ4v) is 2.91. The summed E-state index contributed by atoms with van der Waals surface area (Å²) in [5.41, 5.74) is 1.11. The molecule has 3 nitrogen and oxygen atoms in total. The Bertz CT molecular complexity index is 619. The van der Waals surface area contributed by atoms with Crippen molar-refractivity contribution in [3.8, 4) is 0 Å². The van der Waals surface area contributed by atoms with E-state index in [1.807, 2.05) is 36.4 Å². The van der Waals surface area contributed by atoms with E-state index in [-0.39, 0.29) is 0 Å². The molecule has 0 saturated carbocycles. The van der Waals surface area contributed by atoms with E-state index in [9.17, 15) is 4.79 Å². The van der Waals surface area contributed by atoms with Gasteiger partial charge in [0.1, 0.15) is 0 Å². The van der Waals surface area contributed by atoms with Gasteiger partial charge in [0.05, 0.1) is 13.2 Å². The molecule has 1 N–H and O–H groups in total. The largest absolute Gasteiger partial charge is 0.478 e. The van der Waals surface area contributed by atoms with E-state index in [1.54, 1.807) is 6.08 Å². The van der Waals surface area contributed by atoms with E-state index in [1.165, 1.54) is 11.3 Å². The average Bonchev–Trinajstić information content (AvgIpc) is 2.84. The maximum Gasteiger partial charge on any atom is 0.328 e. The Hall–Kier alpha value is -1.43. The third kappa shape index (κ3) is 4.92. The van der Waals surface area contributed by atoms with Crippen molar-refractivity contribution in [2.24, 2.45) is 0 Å². The summed E-state index contributed by atoms with van der Waals surface area (Å²) in [5.74, 6) is -0.939. The van der Waals surface area contributed by atoms with Gasteiger partial charge >= 0.3 is 5.97 Å². The van der Waals surface area contributed by atoms with E-state index in [0.717, 1.165) is 25.9 Å². The predicted molar refractivity (Wildman–Crippen MR) is 83.6 cm³/mol. The third-order valence-corrected chi connectivity index (χ3v) is 3.99. The molecule has 0 atom stereocenters. The zero-order chi connectivity index (χ0) is 14.4. The summed E-state index contributed by atoms with van der Waals surface area (Å²) >= 11 is 4.95. The number of ether oxygens (including phenoxy) is 1. The number of aliphatic carboxylic acids is 1. The summed E-state index contributed by atoms with van der Waals surface area (Å²) in [6.45, 7) is 1.08. The molecule has 0 aliphatic carbocycles. The normalized spacial score (nSPS) is 11.1. The van der Waals surface area contributed by atoms with Crippen LogP contribution in [-0.4, -0.2) is 11.1 Å². The van der Waals surface area contributed by atoms with Crippen LogP contribution in [0.4, 0.5) is 0 Å². The van der Waals surface area contributed by atoms with E-state index in [0.29, 0.717) is 13.2 Å². The molecule has 20 heavy (non-hydrogen) atoms. The van der Waals surface area contributed by atoms with Crippen LogP contribution in [0.25, 0.3) is 6.08 Å². The number of carbonyl (C=O) groups is 1. The quantitative estimate of drug-likeness (QED) is 0.787. The summed E-state index contributed by atoms with van der Waals surface area (Å²) in [6, 6.07) is 11.8. The molecule has 0 spiro atoms. The molecule has 1 aromatic heterocycles. The van der Waals surface area contributed by atoms with Crippen LogP contribution in [-0.2, 0) is 22.7 Å². The molecule has 104 valence electrons. The van der Waals surface area contributed by atoms with Gasteiger partial charge in [-0.2, -0.15) is 0 Å². The standard InChI is InChI=1S/C15H13BrO3S/c16-12-3-1-2-11(8-12)9-19-10-14-5-4-13(20-14)6-7-15(17)18/h1-8H,9-10H2,(H,17,18)/b7-6+. The fourth-order valence-electron chi connectivity index (χ4n) is 1.61. The van der Waals surface area contributed by atoms with Gasteiger partial charge in [-0.05, 0) is 35.9 Å². The second-order valence-electron chi connectivity index (χ2n) is 4.10. The molecule has 0 radical (unpaired) electrons. The lowest BCUT2D eigenvalue weighted by atomic mass is 10.2. The van der Waals surface area contributed by atoms with Crippen LogP contribution in [0.3, 0.4) is 0 Å². The number of halogens is 1. The van der Waals surface area contributed by atoms with Crippen molar-refractivity contribution >= 4 is 39.3 Å². The van der Waals surface area contributed by atoms with Crippen molar-refractivity contribution < 1.29 is 14.6 Å². The molecule has 0 unspecified atom stereocenters. The molecule has 1 aromatic carbocycles. The Morgan fingerprint density at radius 1 is 1.30 bits per heavy atom. The molecule has 0 saturated heterocycles. The van der Waals surface area contributed by atoms with Crippen LogP contribution in [0.2, 0.25) is 0 Å². The van der Waals surface area contributed by atoms with Crippen LogP contribution in [0.5, 0.6) is 0 Å². The first-order chi connectivity index (χ1) is 9.63. The second-order valence-corrected chi connectivity index (χ2v) is 6.21. The average molecular weight is 353 g/mol. The van der Waals surface area contributed by atoms with Crippen LogP contribution in [0.15, 0.2) is 46.9 Å². The Labute approximate surface area is 129 Å². The molecule has 0 bridgehead atoms. The lowest BCUT2D eigenvalue weighted by molar-refractivity contribution is -0.131. The monoisotopic (exact) mass is 352 g/mol. The highest BCUT2D eigenvalue weighted by atomic mass is 79.9. The van der Waals surface area contributed by atoms with E-state index in [2.05, 4.69) is 15.9 Å². The van der Waals surface area contributed by atoms with Crippen molar-refractivity contribution in [2.45, 2.75) is 13.2 Å². The Kier molecular flexibility index (Phi) is 5.52. The summed E-state index contributed by atoms with van der Waals surface area (Å²) in [4.78, 5) is 12.4. The maximum atomic E-state index is 10.4. The first kappa shape index (κ1) is 15.0. The Balaban J connectivity index is 1.84. The molecule has 2 rings (SSSR count). The molecule has 0 aliphatic rings. The zero-order valence-electron chi connectivity index (χ0n) is 10.6. The summed E-state index contributed by atoms with van der Waals surface area (Å²) in [7, 11) is 0. The van der Waals surface area contributed by atoms with Crippen molar-refractivity contribution in [2.75, 3.05) is 0 Å².